The average molecular weight is 652 g/mol. The molecule has 0 spiro atoms. The number of rotatable bonds is 13. The number of carbonyl (C=O) groups is 4. The minimum Gasteiger partial charge on any atom is -0.465 e. The number of hydrogen-bond acceptors (Lipinski definition) is 9. The normalized spacial score (nSPS) is 17.8. The molecule has 2 heterocycles. The van der Waals surface area contributed by atoms with Gasteiger partial charge in [-0.05, 0) is 82.9 Å². The van der Waals surface area contributed by atoms with Crippen LogP contribution in [0.15, 0.2) is 54.6 Å². The average Bonchev–Trinajstić information content (AvgIpc) is 3.17. The van der Waals surface area contributed by atoms with Crippen molar-refractivity contribution in [3.8, 4) is 0 Å². The molecule has 2 aliphatic heterocycles. The zero-order chi connectivity index (χ0) is 33.8. The van der Waals surface area contributed by atoms with Crippen LogP contribution in [-0.2, 0) is 46.4 Å². The number of fused-ring (bicyclic) bond motifs is 1. The summed E-state index contributed by atoms with van der Waals surface area (Å²) in [6.07, 6.45) is 3.18. The van der Waals surface area contributed by atoms with Gasteiger partial charge in [0.15, 0.2) is 0 Å². The first-order valence-electron chi connectivity index (χ1n) is 16.6. The van der Waals surface area contributed by atoms with Crippen molar-refractivity contribution in [1.29, 1.82) is 0 Å². The summed E-state index contributed by atoms with van der Waals surface area (Å²) >= 11 is 0. The quantitative estimate of drug-likeness (QED) is 0.187. The van der Waals surface area contributed by atoms with Crippen LogP contribution in [0.5, 0.6) is 0 Å². The lowest BCUT2D eigenvalue weighted by atomic mass is 9.94. The molecular weight excluding hydrogens is 602 g/mol. The van der Waals surface area contributed by atoms with Crippen LogP contribution in [0.3, 0.4) is 0 Å². The van der Waals surface area contributed by atoms with Crippen molar-refractivity contribution in [2.24, 2.45) is 5.92 Å². The van der Waals surface area contributed by atoms with Crippen LogP contribution in [0.4, 0.5) is 10.5 Å². The molecule has 0 aromatic heterocycles. The third-order valence-electron chi connectivity index (χ3n) is 8.26. The first-order valence-corrected chi connectivity index (χ1v) is 16.6. The molecule has 2 amide bonds. The smallest absolute Gasteiger partial charge is 0.410 e. The topological polar surface area (TPSA) is 124 Å². The molecule has 1 saturated heterocycles. The van der Waals surface area contributed by atoms with Crippen LogP contribution in [0.2, 0.25) is 0 Å². The Labute approximate surface area is 277 Å². The van der Waals surface area contributed by atoms with Gasteiger partial charge < -0.3 is 23.8 Å². The Morgan fingerprint density at radius 3 is 2.36 bits per heavy atom. The number of anilines is 1. The van der Waals surface area contributed by atoms with Gasteiger partial charge in [-0.25, -0.2) is 4.79 Å². The molecule has 2 aliphatic rings. The van der Waals surface area contributed by atoms with Crippen molar-refractivity contribution >= 4 is 29.6 Å². The highest BCUT2D eigenvalue weighted by Crippen LogP contribution is 2.28. The zero-order valence-electron chi connectivity index (χ0n) is 28.1. The molecule has 4 rings (SSSR count). The number of nitrogens with one attached hydrogen (secondary N) is 1. The maximum absolute atomic E-state index is 13.9. The second-order valence-electron chi connectivity index (χ2n) is 13.0. The lowest BCUT2D eigenvalue weighted by Crippen LogP contribution is -2.54. The van der Waals surface area contributed by atoms with Crippen molar-refractivity contribution in [1.82, 2.24) is 10.2 Å². The van der Waals surface area contributed by atoms with Crippen LogP contribution in [0.25, 0.3) is 0 Å². The molecule has 1 fully saturated rings. The molecule has 2 aromatic carbocycles. The number of amides is 2. The molecule has 0 bridgehead atoms. The molecular formula is C36H49N3O8. The van der Waals surface area contributed by atoms with Crippen LogP contribution < -0.4 is 10.2 Å². The number of piperidine rings is 1. The van der Waals surface area contributed by atoms with Gasteiger partial charge in [0.25, 0.3) is 0 Å². The number of esters is 2. The predicted octanol–water partition coefficient (Wildman–Crippen LogP) is 4.65. The summed E-state index contributed by atoms with van der Waals surface area (Å²) in [4.78, 5) is 55.3. The van der Waals surface area contributed by atoms with Gasteiger partial charge in [-0.15, -0.1) is 0 Å². The van der Waals surface area contributed by atoms with E-state index in [4.69, 9.17) is 18.9 Å². The fraction of sp³-hybridized carbons (Fsp3) is 0.556. The van der Waals surface area contributed by atoms with E-state index in [2.05, 4.69) is 5.32 Å². The van der Waals surface area contributed by atoms with Crippen molar-refractivity contribution in [3.63, 3.8) is 0 Å². The van der Waals surface area contributed by atoms with Gasteiger partial charge in [0.2, 0.25) is 5.91 Å². The first kappa shape index (κ1) is 35.9. The SMILES string of the molecule is CCOC(=O)[C@H](COCCC1CCN(C(=O)OCc2ccccc2)CC1)N[C@H]1CCc2ccccc2N(CC(=O)OC(C)(C)C)C1=O. The van der Waals surface area contributed by atoms with Crippen LogP contribution in [0, 0.1) is 5.92 Å². The van der Waals surface area contributed by atoms with E-state index < -0.39 is 29.6 Å². The highest BCUT2D eigenvalue weighted by Gasteiger charge is 2.35. The minimum absolute atomic E-state index is 0.0340. The number of hydrogen-bond donors (Lipinski definition) is 1. The van der Waals surface area contributed by atoms with Gasteiger partial charge in [0.05, 0.1) is 19.3 Å². The van der Waals surface area contributed by atoms with Gasteiger partial charge in [-0.3, -0.25) is 24.6 Å². The summed E-state index contributed by atoms with van der Waals surface area (Å²) in [6, 6.07) is 15.5. The molecule has 0 saturated carbocycles. The van der Waals surface area contributed by atoms with Crippen molar-refractivity contribution in [2.45, 2.75) is 84.1 Å². The summed E-state index contributed by atoms with van der Waals surface area (Å²) in [7, 11) is 0. The monoisotopic (exact) mass is 651 g/mol. The van der Waals surface area contributed by atoms with Gasteiger partial charge in [0, 0.05) is 25.4 Å². The maximum Gasteiger partial charge on any atom is 0.410 e. The number of carbonyl (C=O) groups excluding carboxylic acids is 4. The molecule has 2 aromatic rings. The summed E-state index contributed by atoms with van der Waals surface area (Å²) in [5, 5.41) is 3.20. The van der Waals surface area contributed by atoms with Crippen molar-refractivity contribution < 1.29 is 38.1 Å². The number of ether oxygens (including phenoxy) is 4. The highest BCUT2D eigenvalue weighted by molar-refractivity contribution is 6.02. The van der Waals surface area contributed by atoms with E-state index in [0.717, 1.165) is 30.4 Å². The fourth-order valence-electron chi connectivity index (χ4n) is 5.87. The van der Waals surface area contributed by atoms with E-state index >= 15 is 0 Å². The van der Waals surface area contributed by atoms with Gasteiger partial charge in [-0.1, -0.05) is 48.5 Å². The summed E-state index contributed by atoms with van der Waals surface area (Å²) in [6.45, 7) is 8.99. The van der Waals surface area contributed by atoms with E-state index in [0.29, 0.717) is 44.1 Å². The predicted molar refractivity (Wildman–Crippen MR) is 177 cm³/mol. The number of para-hydroxylation sites is 1. The van der Waals surface area contributed by atoms with Crippen LogP contribution in [0.1, 0.15) is 64.5 Å². The largest absolute Gasteiger partial charge is 0.465 e. The molecule has 1 N–H and O–H groups in total. The molecule has 0 aliphatic carbocycles. The summed E-state index contributed by atoms with van der Waals surface area (Å²) in [5.74, 6) is -0.945. The fourth-order valence-corrected chi connectivity index (χ4v) is 5.87. The molecule has 11 nitrogen and oxygen atoms in total. The van der Waals surface area contributed by atoms with Crippen molar-refractivity contribution in [3.05, 3.63) is 65.7 Å². The zero-order valence-corrected chi connectivity index (χ0v) is 28.1. The molecule has 2 atom stereocenters. The van der Waals surface area contributed by atoms with E-state index in [1.807, 2.05) is 54.6 Å². The number of benzene rings is 2. The Morgan fingerprint density at radius 2 is 1.66 bits per heavy atom. The Balaban J connectivity index is 1.28. The Morgan fingerprint density at radius 1 is 0.957 bits per heavy atom. The molecule has 11 heteroatoms. The van der Waals surface area contributed by atoms with Crippen LogP contribution in [-0.4, -0.2) is 86.0 Å². The maximum atomic E-state index is 13.9. The molecule has 0 unspecified atom stereocenters. The second kappa shape index (κ2) is 17.3. The minimum atomic E-state index is -0.866. The second-order valence-corrected chi connectivity index (χ2v) is 13.0. The lowest BCUT2D eigenvalue weighted by Gasteiger charge is -2.31. The summed E-state index contributed by atoms with van der Waals surface area (Å²) < 4.78 is 22.3. The Kier molecular flexibility index (Phi) is 13.2. The van der Waals surface area contributed by atoms with Crippen molar-refractivity contribution in [2.75, 3.05) is 44.4 Å². The van der Waals surface area contributed by atoms with Gasteiger partial charge >= 0.3 is 18.0 Å². The first-order chi connectivity index (χ1) is 22.5. The van der Waals surface area contributed by atoms with Crippen LogP contribution >= 0.6 is 0 Å². The Hall–Kier alpha value is -3.96. The standard InChI is InChI=1S/C36H49N3O8/c1-5-45-34(42)30(25-44-22-19-26-17-20-38(21-18-26)35(43)46-24-27-11-7-6-8-12-27)37-29-16-15-28-13-9-10-14-31(28)39(33(29)41)23-32(40)47-36(2,3)4/h6-14,26,29-30,37H,5,15-25H2,1-4H3/t29-,30-/m0/s1. The summed E-state index contributed by atoms with van der Waals surface area (Å²) in [5.41, 5.74) is 1.86. The third kappa shape index (κ3) is 11.1. The molecule has 0 radical (unpaired) electrons. The number of nitrogens with zero attached hydrogens (tertiary/aromatic N) is 2. The molecule has 47 heavy (non-hydrogen) atoms. The van der Waals surface area contributed by atoms with E-state index in [-0.39, 0.29) is 38.4 Å². The lowest BCUT2D eigenvalue weighted by molar-refractivity contribution is -0.154. The van der Waals surface area contributed by atoms with Gasteiger partial charge in [-0.2, -0.15) is 0 Å². The Bertz CT molecular complexity index is 1340. The van der Waals surface area contributed by atoms with E-state index in [1.54, 1.807) is 32.6 Å². The number of likely N-dealkylation sites (tertiary alicyclic amines) is 1. The van der Waals surface area contributed by atoms with E-state index in [9.17, 15) is 19.2 Å². The highest BCUT2D eigenvalue weighted by atomic mass is 16.6. The molecule has 256 valence electrons. The number of aryl methyl sites for hydroxylation is 1. The third-order valence-corrected chi connectivity index (χ3v) is 8.26. The van der Waals surface area contributed by atoms with E-state index in [1.165, 1.54) is 4.90 Å². The van der Waals surface area contributed by atoms with Gasteiger partial charge in [0.1, 0.15) is 24.8 Å².